The van der Waals surface area contributed by atoms with Crippen LogP contribution in [0.3, 0.4) is 0 Å². The van der Waals surface area contributed by atoms with Crippen molar-refractivity contribution in [3.63, 3.8) is 0 Å². The van der Waals surface area contributed by atoms with Crippen molar-refractivity contribution in [3.8, 4) is 0 Å². The number of anilines is 2. The third-order valence-electron chi connectivity index (χ3n) is 2.67. The van der Waals surface area contributed by atoms with E-state index in [0.29, 0.717) is 17.9 Å². The summed E-state index contributed by atoms with van der Waals surface area (Å²) >= 11 is 0. The highest BCUT2D eigenvalue weighted by atomic mass is 32.2. The normalized spacial score (nSPS) is 11.4. The molecule has 4 N–H and O–H groups in total. The maximum atomic E-state index is 11.7. The predicted octanol–water partition coefficient (Wildman–Crippen LogP) is 1.38. The number of nitrogens with two attached hydrogens (primary N) is 1. The molecule has 0 radical (unpaired) electrons. The van der Waals surface area contributed by atoms with Crippen LogP contribution in [0.1, 0.15) is 5.56 Å². The molecule has 6 nitrogen and oxygen atoms in total. The van der Waals surface area contributed by atoms with E-state index in [1.54, 1.807) is 18.6 Å². The average molecular weight is 281 g/mol. The first-order chi connectivity index (χ1) is 9.03. The fourth-order valence-electron chi connectivity index (χ4n) is 1.56. The van der Waals surface area contributed by atoms with Gasteiger partial charge in [-0.15, -0.1) is 0 Å². The Morgan fingerprint density at radius 1 is 1.32 bits per heavy atom. The number of hydrogen-bond donors (Lipinski definition) is 3. The molecule has 2 aromatic rings. The summed E-state index contributed by atoms with van der Waals surface area (Å²) in [7, 11) is -2.11. The van der Waals surface area contributed by atoms with E-state index < -0.39 is 10.0 Å². The third-order valence-corrected chi connectivity index (χ3v) is 4.08. The molecule has 0 atom stereocenters. The van der Waals surface area contributed by atoms with Crippen LogP contribution in [0.5, 0.6) is 0 Å². The summed E-state index contributed by atoms with van der Waals surface area (Å²) in [5, 5.41) is 3.07. The zero-order valence-electron chi connectivity index (χ0n) is 10.4. The monoisotopic (exact) mass is 281 g/mol. The minimum atomic E-state index is -3.47. The molecule has 0 spiro atoms. The number of sulfonamides is 1. The second-order valence-corrected chi connectivity index (χ2v) is 5.83. The number of rotatable bonds is 5. The van der Waals surface area contributed by atoms with E-state index in [1.807, 2.05) is 6.07 Å². The van der Waals surface area contributed by atoms with E-state index in [9.17, 15) is 8.42 Å². The van der Waals surface area contributed by atoms with Gasteiger partial charge in [-0.05, 0) is 31.3 Å². The van der Waals surface area contributed by atoms with Gasteiger partial charge in [-0.25, -0.2) is 13.1 Å². The highest BCUT2D eigenvalue weighted by Crippen LogP contribution is 2.23. The Labute approximate surface area is 111 Å². The molecule has 0 unspecified atom stereocenters. The zero-order chi connectivity index (χ0) is 13.9. The van der Waals surface area contributed by atoms with Crippen LogP contribution in [0, 0.1) is 0 Å². The molecule has 1 heterocycles. The maximum Gasteiger partial charge on any atom is 0.240 e. The lowest BCUT2D eigenvalue weighted by molar-refractivity contribution is 0.564. The number of nitrogens with one attached hydrogen (secondary N) is 2. The van der Waals surface area contributed by atoms with Crippen molar-refractivity contribution in [2.75, 3.05) is 18.1 Å². The van der Waals surface area contributed by atoms with Crippen LogP contribution in [-0.4, -0.2) is 15.5 Å². The molecule has 19 heavy (non-hydrogen) atoms. The van der Waals surface area contributed by atoms with Gasteiger partial charge in [0.15, 0.2) is 0 Å². The number of hydrogen-bond acceptors (Lipinski definition) is 5. The van der Waals surface area contributed by atoms with Gasteiger partial charge in [-0.2, -0.15) is 0 Å². The van der Waals surface area contributed by atoms with Crippen molar-refractivity contribution in [2.24, 2.45) is 0 Å². The molecule has 0 bridgehead atoms. The fourth-order valence-corrected chi connectivity index (χ4v) is 2.32. The smallest absolute Gasteiger partial charge is 0.240 e. The number of nitrogen functional groups attached to an aromatic ring is 1. The minimum absolute atomic E-state index is 0.166. The van der Waals surface area contributed by atoms with Gasteiger partial charge in [-0.3, -0.25) is 0 Å². The second kappa shape index (κ2) is 5.33. The molecule has 2 rings (SSSR count). The Kier molecular flexibility index (Phi) is 3.77. The molecule has 0 aliphatic carbocycles. The van der Waals surface area contributed by atoms with Crippen LogP contribution < -0.4 is 15.8 Å². The Morgan fingerprint density at radius 3 is 2.74 bits per heavy atom. The van der Waals surface area contributed by atoms with Gasteiger partial charge >= 0.3 is 0 Å². The first-order valence-electron chi connectivity index (χ1n) is 5.61. The Bertz CT molecular complexity index is 651. The Balaban J connectivity index is 2.22. The molecule has 102 valence electrons. The largest absolute Gasteiger partial charge is 0.472 e. The van der Waals surface area contributed by atoms with E-state index in [1.165, 1.54) is 19.2 Å². The van der Waals surface area contributed by atoms with E-state index >= 15 is 0 Å². The summed E-state index contributed by atoms with van der Waals surface area (Å²) in [5.74, 6) is 0. The van der Waals surface area contributed by atoms with E-state index in [0.717, 1.165) is 5.56 Å². The SMILES string of the molecule is CNS(=O)(=O)c1ccc(N)c(NCc2ccoc2)c1. The molecule has 0 fully saturated rings. The van der Waals surface area contributed by atoms with Crippen LogP contribution in [0.2, 0.25) is 0 Å². The predicted molar refractivity (Wildman–Crippen MR) is 73.1 cm³/mol. The van der Waals surface area contributed by atoms with Gasteiger partial charge in [0.25, 0.3) is 0 Å². The molecule has 0 aliphatic rings. The summed E-state index contributed by atoms with van der Waals surface area (Å²) in [5.41, 5.74) is 7.81. The lowest BCUT2D eigenvalue weighted by atomic mass is 10.2. The molecule has 0 saturated heterocycles. The molecule has 1 aromatic carbocycles. The highest BCUT2D eigenvalue weighted by Gasteiger charge is 2.13. The molecule has 0 amide bonds. The average Bonchev–Trinajstić information content (AvgIpc) is 2.90. The van der Waals surface area contributed by atoms with Gasteiger partial charge in [0, 0.05) is 12.1 Å². The number of benzene rings is 1. The van der Waals surface area contributed by atoms with E-state index in [4.69, 9.17) is 10.2 Å². The maximum absolute atomic E-state index is 11.7. The molecular formula is C12H15N3O3S. The fraction of sp³-hybridized carbons (Fsp3) is 0.167. The van der Waals surface area contributed by atoms with Crippen LogP contribution in [0.15, 0.2) is 46.1 Å². The van der Waals surface area contributed by atoms with Gasteiger partial charge in [0.05, 0.1) is 28.8 Å². The molecule has 1 aromatic heterocycles. The van der Waals surface area contributed by atoms with Crippen LogP contribution >= 0.6 is 0 Å². The van der Waals surface area contributed by atoms with Crippen LogP contribution in [-0.2, 0) is 16.6 Å². The van der Waals surface area contributed by atoms with Crippen molar-refractivity contribution in [2.45, 2.75) is 11.4 Å². The zero-order valence-corrected chi connectivity index (χ0v) is 11.2. The molecular weight excluding hydrogens is 266 g/mol. The lowest BCUT2D eigenvalue weighted by Crippen LogP contribution is -2.18. The molecule has 0 aliphatic heterocycles. The summed E-state index contributed by atoms with van der Waals surface area (Å²) in [6.45, 7) is 0.504. The van der Waals surface area contributed by atoms with Gasteiger partial charge < -0.3 is 15.5 Å². The summed E-state index contributed by atoms with van der Waals surface area (Å²) in [6, 6.07) is 6.34. The summed E-state index contributed by atoms with van der Waals surface area (Å²) < 4.78 is 30.6. The standard InChI is InChI=1S/C12H15N3O3S/c1-14-19(16,17)10-2-3-11(13)12(6-10)15-7-9-4-5-18-8-9/h2-6,8,14-15H,7,13H2,1H3. The number of furan rings is 1. The van der Waals surface area contributed by atoms with Crippen molar-refractivity contribution < 1.29 is 12.8 Å². The van der Waals surface area contributed by atoms with E-state index in [2.05, 4.69) is 10.0 Å². The summed E-state index contributed by atoms with van der Waals surface area (Å²) in [4.78, 5) is 0.166. The Morgan fingerprint density at radius 2 is 2.11 bits per heavy atom. The van der Waals surface area contributed by atoms with Gasteiger partial charge in [0.1, 0.15) is 0 Å². The van der Waals surface area contributed by atoms with Crippen molar-refractivity contribution in [3.05, 3.63) is 42.4 Å². The highest BCUT2D eigenvalue weighted by molar-refractivity contribution is 7.89. The first kappa shape index (κ1) is 13.4. The molecule has 0 saturated carbocycles. The molecule has 7 heteroatoms. The van der Waals surface area contributed by atoms with Crippen molar-refractivity contribution in [1.82, 2.24) is 4.72 Å². The van der Waals surface area contributed by atoms with Crippen molar-refractivity contribution in [1.29, 1.82) is 0 Å². The van der Waals surface area contributed by atoms with E-state index in [-0.39, 0.29) is 4.90 Å². The third kappa shape index (κ3) is 3.07. The van der Waals surface area contributed by atoms with Crippen LogP contribution in [0.4, 0.5) is 11.4 Å². The van der Waals surface area contributed by atoms with Crippen molar-refractivity contribution >= 4 is 21.4 Å². The summed E-state index contributed by atoms with van der Waals surface area (Å²) in [6.07, 6.45) is 3.18. The van der Waals surface area contributed by atoms with Gasteiger partial charge in [-0.1, -0.05) is 0 Å². The lowest BCUT2D eigenvalue weighted by Gasteiger charge is -2.10. The quantitative estimate of drug-likeness (QED) is 0.719. The minimum Gasteiger partial charge on any atom is -0.472 e. The topological polar surface area (TPSA) is 97.4 Å². The van der Waals surface area contributed by atoms with Crippen LogP contribution in [0.25, 0.3) is 0 Å². The first-order valence-corrected chi connectivity index (χ1v) is 7.09. The Hall–Kier alpha value is -1.99. The van der Waals surface area contributed by atoms with Gasteiger partial charge in [0.2, 0.25) is 10.0 Å². The second-order valence-electron chi connectivity index (χ2n) is 3.94.